The van der Waals surface area contributed by atoms with Gasteiger partial charge in [-0.15, -0.1) is 0 Å². The van der Waals surface area contributed by atoms with Crippen molar-refractivity contribution in [1.82, 2.24) is 0 Å². The maximum atomic E-state index is 12.9. The molecule has 0 aromatic rings. The molecule has 0 saturated heterocycles. The molecule has 2 unspecified atom stereocenters. The Morgan fingerprint density at radius 3 is 1.02 bits per heavy atom. The molecular weight excluding hydrogens is 1030 g/mol. The van der Waals surface area contributed by atoms with Crippen molar-refractivity contribution in [3.8, 4) is 0 Å². The lowest BCUT2D eigenvalue weighted by molar-refractivity contribution is -0.870. The summed E-state index contributed by atoms with van der Waals surface area (Å²) in [4.78, 5) is 37.5. The number of carbonyl (C=O) groups is 3. The van der Waals surface area contributed by atoms with Gasteiger partial charge in [-0.05, 0) is 70.6 Å². The smallest absolute Gasteiger partial charge is 0.306 e. The van der Waals surface area contributed by atoms with E-state index in [1.807, 2.05) is 21.1 Å². The van der Waals surface area contributed by atoms with E-state index in [2.05, 4.69) is 98.9 Å². The second kappa shape index (κ2) is 64.5. The third-order valence-corrected chi connectivity index (χ3v) is 15.2. The van der Waals surface area contributed by atoms with Crippen LogP contribution in [0.4, 0.5) is 0 Å². The summed E-state index contributed by atoms with van der Waals surface area (Å²) in [5, 5.41) is 11.8. The van der Waals surface area contributed by atoms with Gasteiger partial charge < -0.3 is 33.3 Å². The fourth-order valence-corrected chi connectivity index (χ4v) is 9.87. The maximum Gasteiger partial charge on any atom is 0.306 e. The Bertz CT molecular complexity index is 1640. The van der Waals surface area contributed by atoms with Crippen LogP contribution in [0, 0.1) is 0 Å². The number of carboxylic acids is 1. The number of esters is 2. The first-order chi connectivity index (χ1) is 40.6. The number of nitrogens with zero attached hydrogens (tertiary/aromatic N) is 1. The van der Waals surface area contributed by atoms with Crippen LogP contribution in [0.25, 0.3) is 0 Å². The van der Waals surface area contributed by atoms with Crippen LogP contribution in [0.15, 0.2) is 85.1 Å². The second-order valence-corrected chi connectivity index (χ2v) is 24.4. The van der Waals surface area contributed by atoms with Crippen molar-refractivity contribution in [2.24, 2.45) is 0 Å². The van der Waals surface area contributed by atoms with E-state index in [1.54, 1.807) is 0 Å². The fraction of sp³-hybridized carbons (Fsp3) is 0.770. The second-order valence-electron chi connectivity index (χ2n) is 24.4. The Morgan fingerprint density at radius 1 is 0.373 bits per heavy atom. The number of allylic oxidation sites excluding steroid dienone is 14. The number of quaternary nitrogens is 1. The number of ether oxygens (including phenoxy) is 4. The van der Waals surface area contributed by atoms with E-state index in [9.17, 15) is 19.5 Å². The number of aliphatic carboxylic acids is 1. The number of unbranched alkanes of at least 4 members (excludes halogenated alkanes) is 35. The molecule has 0 radical (unpaired) electrons. The average molecular weight is 1160 g/mol. The van der Waals surface area contributed by atoms with Crippen molar-refractivity contribution in [2.45, 2.75) is 322 Å². The van der Waals surface area contributed by atoms with Gasteiger partial charge in [-0.1, -0.05) is 311 Å². The Balaban J connectivity index is 4.15. The average Bonchev–Trinajstić information content (AvgIpc) is 3.46. The monoisotopic (exact) mass is 1160 g/mol. The van der Waals surface area contributed by atoms with Gasteiger partial charge in [-0.3, -0.25) is 9.59 Å². The van der Waals surface area contributed by atoms with Crippen LogP contribution in [0.2, 0.25) is 0 Å². The van der Waals surface area contributed by atoms with Gasteiger partial charge in [0.1, 0.15) is 13.2 Å². The number of likely N-dealkylation sites (N-methyl/N-ethyl adjacent to an activating group) is 1. The molecule has 2 atom stereocenters. The summed E-state index contributed by atoms with van der Waals surface area (Å²) in [7, 11) is 5.93. The molecule has 9 heteroatoms. The maximum absolute atomic E-state index is 12.9. The summed E-state index contributed by atoms with van der Waals surface area (Å²) in [6.45, 7) is 4.66. The molecule has 0 bridgehead atoms. The Hall–Kier alpha value is -3.53. The van der Waals surface area contributed by atoms with Crippen LogP contribution < -0.4 is 5.11 Å². The highest BCUT2D eigenvalue weighted by Crippen LogP contribution is 2.18. The lowest BCUT2D eigenvalue weighted by atomic mass is 10.0. The van der Waals surface area contributed by atoms with E-state index in [4.69, 9.17) is 18.9 Å². The minimum Gasteiger partial charge on any atom is -0.545 e. The van der Waals surface area contributed by atoms with Crippen LogP contribution >= 0.6 is 0 Å². The summed E-state index contributed by atoms with van der Waals surface area (Å²) in [6.07, 6.45) is 83.8. The van der Waals surface area contributed by atoms with Gasteiger partial charge in [-0.2, -0.15) is 0 Å². The first-order valence-electron chi connectivity index (χ1n) is 34.7. The Labute approximate surface area is 512 Å². The van der Waals surface area contributed by atoms with E-state index >= 15 is 0 Å². The molecule has 0 aliphatic carbocycles. The summed E-state index contributed by atoms with van der Waals surface area (Å²) < 4.78 is 22.8. The number of rotatable bonds is 64. The lowest BCUT2D eigenvalue weighted by Gasteiger charge is -2.26. The van der Waals surface area contributed by atoms with Crippen molar-refractivity contribution >= 4 is 17.9 Å². The summed E-state index contributed by atoms with van der Waals surface area (Å²) in [5.41, 5.74) is 0. The zero-order valence-electron chi connectivity index (χ0n) is 54.8. The molecule has 0 aromatic carbocycles. The third kappa shape index (κ3) is 65.9. The molecule has 0 fully saturated rings. The molecule has 480 valence electrons. The third-order valence-electron chi connectivity index (χ3n) is 15.2. The topological polar surface area (TPSA) is 111 Å². The van der Waals surface area contributed by atoms with E-state index in [-0.39, 0.29) is 32.2 Å². The molecule has 0 aromatic heterocycles. The van der Waals surface area contributed by atoms with Crippen LogP contribution in [-0.2, 0) is 33.3 Å². The van der Waals surface area contributed by atoms with Gasteiger partial charge in [0.2, 0.25) is 0 Å². The van der Waals surface area contributed by atoms with Crippen LogP contribution in [0.5, 0.6) is 0 Å². The molecule has 0 N–H and O–H groups in total. The predicted molar refractivity (Wildman–Crippen MR) is 352 cm³/mol. The van der Waals surface area contributed by atoms with Crippen molar-refractivity contribution in [3.05, 3.63) is 85.1 Å². The molecule has 0 aliphatic rings. The summed E-state index contributed by atoms with van der Waals surface area (Å²) >= 11 is 0. The minimum atomic E-state index is -1.63. The van der Waals surface area contributed by atoms with Gasteiger partial charge in [0.05, 0.1) is 40.3 Å². The van der Waals surface area contributed by atoms with E-state index < -0.39 is 24.3 Å². The van der Waals surface area contributed by atoms with E-state index in [1.165, 1.54) is 186 Å². The molecular formula is C74H131NO8. The molecule has 0 heterocycles. The Kier molecular flexibility index (Phi) is 61.7. The molecule has 0 aliphatic heterocycles. The van der Waals surface area contributed by atoms with Crippen molar-refractivity contribution in [3.63, 3.8) is 0 Å². The minimum absolute atomic E-state index is 0.143. The molecule has 9 nitrogen and oxygen atoms in total. The van der Waals surface area contributed by atoms with Crippen molar-refractivity contribution < 1.29 is 42.9 Å². The normalized spacial score (nSPS) is 13.2. The number of hydrogen-bond acceptors (Lipinski definition) is 8. The van der Waals surface area contributed by atoms with Gasteiger partial charge in [0, 0.05) is 12.8 Å². The summed E-state index contributed by atoms with van der Waals surface area (Å²) in [6, 6.07) is 0. The first-order valence-corrected chi connectivity index (χ1v) is 34.7. The van der Waals surface area contributed by atoms with Crippen LogP contribution in [0.3, 0.4) is 0 Å². The first kappa shape index (κ1) is 79.5. The van der Waals surface area contributed by atoms with Gasteiger partial charge in [0.25, 0.3) is 0 Å². The summed E-state index contributed by atoms with van der Waals surface area (Å²) in [5.74, 6) is -2.29. The lowest BCUT2D eigenvalue weighted by Crippen LogP contribution is -2.44. The Morgan fingerprint density at radius 2 is 0.687 bits per heavy atom. The SMILES string of the molecule is CC/C=C\C/C=C\C/C=C\C/C=C\C/C=C\C/C=C\C/C=C\CCCCCCCCCC(=O)OC(COC(=O)CCCCCCCCCCCCCCCCCCCCCCCCCCCCCCC)COC(OCC[N+](C)(C)C)C(=O)[O-]. The predicted octanol–water partition coefficient (Wildman–Crippen LogP) is 20.1. The molecule has 0 saturated carbocycles. The highest BCUT2D eigenvalue weighted by Gasteiger charge is 2.22. The molecule has 0 amide bonds. The number of hydrogen-bond donors (Lipinski definition) is 0. The molecule has 0 spiro atoms. The van der Waals surface area contributed by atoms with Crippen molar-refractivity contribution in [2.75, 3.05) is 47.5 Å². The highest BCUT2D eigenvalue weighted by atomic mass is 16.7. The van der Waals surface area contributed by atoms with E-state index in [0.717, 1.165) is 89.9 Å². The number of carboxylic acid groups (broad SMARTS) is 1. The number of carbonyl (C=O) groups excluding carboxylic acids is 3. The largest absolute Gasteiger partial charge is 0.545 e. The zero-order chi connectivity index (χ0) is 60.5. The highest BCUT2D eigenvalue weighted by molar-refractivity contribution is 5.70. The molecule has 83 heavy (non-hydrogen) atoms. The quantitative estimate of drug-likeness (QED) is 0.0195. The van der Waals surface area contributed by atoms with Gasteiger partial charge >= 0.3 is 11.9 Å². The fourth-order valence-electron chi connectivity index (χ4n) is 9.87. The van der Waals surface area contributed by atoms with Crippen LogP contribution in [-0.4, -0.2) is 82.3 Å². The van der Waals surface area contributed by atoms with Crippen LogP contribution in [0.1, 0.15) is 309 Å². The van der Waals surface area contributed by atoms with E-state index in [0.29, 0.717) is 23.9 Å². The standard InChI is InChI=1S/C74H131NO8/c1-6-8-10-12-14-16-18-20-22-24-26-28-30-32-34-36-38-40-42-44-46-48-50-52-54-56-58-60-62-64-71(76)81-68-70(69-82-74(73(78)79)80-67-66-75(3,4)5)83-72(77)65-63-61-59-57-55-53-51-49-47-45-43-41-39-37-35-33-31-29-27-25-23-21-19-17-15-13-11-9-7-2/h9,11,15,17,21,23,27,29,33,35,39,41,45,47,70,74H,6-8,10,12-14,16,18-20,22,24-26,28,30-32,34,36-38,40,42-44,46,48-69H2,1-5H3/b11-9-,17-15-,23-21-,29-27-,35-33-,41-39-,47-45-. The van der Waals surface area contributed by atoms with Gasteiger partial charge in [0.15, 0.2) is 12.4 Å². The molecule has 0 rings (SSSR count). The van der Waals surface area contributed by atoms with Gasteiger partial charge in [-0.25, -0.2) is 0 Å². The van der Waals surface area contributed by atoms with Crippen molar-refractivity contribution in [1.29, 1.82) is 0 Å². The zero-order valence-corrected chi connectivity index (χ0v) is 54.8.